The number of hydrogen-bond donors (Lipinski definition) is 4. The Balaban J connectivity index is 2.40. The number of rotatable bonds is 7. The van der Waals surface area contributed by atoms with Gasteiger partial charge < -0.3 is 20.2 Å². The standard InChI is InChI=1S/C11H18NO4P/c13-9-7-11(17(14,15)16)12-8-6-10-4-2-1-3-5-10/h1-5,11-13H,6-9H2,(H2,14,15,16). The van der Waals surface area contributed by atoms with Gasteiger partial charge in [0.2, 0.25) is 0 Å². The minimum absolute atomic E-state index is 0.0546. The van der Waals surface area contributed by atoms with Crippen LogP contribution in [0.25, 0.3) is 0 Å². The van der Waals surface area contributed by atoms with Crippen LogP contribution in [0.5, 0.6) is 0 Å². The lowest BCUT2D eigenvalue weighted by Gasteiger charge is -2.18. The zero-order chi connectivity index (χ0) is 12.7. The number of hydrogen-bond acceptors (Lipinski definition) is 3. The summed E-state index contributed by atoms with van der Waals surface area (Å²) in [5.41, 5.74) is 1.11. The first-order chi connectivity index (χ1) is 8.04. The summed E-state index contributed by atoms with van der Waals surface area (Å²) >= 11 is 0. The first kappa shape index (κ1) is 14.4. The lowest BCUT2D eigenvalue weighted by Crippen LogP contribution is -2.31. The number of aliphatic hydroxyl groups is 1. The highest BCUT2D eigenvalue weighted by Crippen LogP contribution is 2.41. The van der Waals surface area contributed by atoms with Gasteiger partial charge in [-0.2, -0.15) is 0 Å². The molecule has 0 aliphatic carbocycles. The van der Waals surface area contributed by atoms with Crippen LogP contribution < -0.4 is 5.32 Å². The van der Waals surface area contributed by atoms with Gasteiger partial charge in [0.25, 0.3) is 0 Å². The van der Waals surface area contributed by atoms with Crippen LogP contribution in [-0.4, -0.2) is 33.8 Å². The fourth-order valence-corrected chi connectivity index (χ4v) is 2.36. The van der Waals surface area contributed by atoms with Crippen LogP contribution in [0.4, 0.5) is 0 Å². The van der Waals surface area contributed by atoms with Crippen molar-refractivity contribution >= 4 is 7.60 Å². The summed E-state index contributed by atoms with van der Waals surface area (Å²) in [5, 5.41) is 11.5. The summed E-state index contributed by atoms with van der Waals surface area (Å²) in [6.45, 7) is 0.230. The topological polar surface area (TPSA) is 89.8 Å². The quantitative estimate of drug-likeness (QED) is 0.541. The molecule has 4 N–H and O–H groups in total. The van der Waals surface area contributed by atoms with Crippen LogP contribution in [0.3, 0.4) is 0 Å². The minimum atomic E-state index is -4.18. The van der Waals surface area contributed by atoms with Crippen LogP contribution >= 0.6 is 7.60 Å². The summed E-state index contributed by atoms with van der Waals surface area (Å²) < 4.78 is 11.1. The molecule has 0 radical (unpaired) electrons. The lowest BCUT2D eigenvalue weighted by molar-refractivity contribution is 0.264. The molecule has 1 aromatic carbocycles. The van der Waals surface area contributed by atoms with E-state index in [2.05, 4.69) is 5.32 Å². The highest BCUT2D eigenvalue weighted by Gasteiger charge is 2.27. The predicted molar refractivity (Wildman–Crippen MR) is 65.7 cm³/mol. The van der Waals surface area contributed by atoms with E-state index in [1.165, 1.54) is 0 Å². The zero-order valence-corrected chi connectivity index (χ0v) is 10.4. The van der Waals surface area contributed by atoms with Crippen LogP contribution in [-0.2, 0) is 11.0 Å². The van der Waals surface area contributed by atoms with E-state index in [0.29, 0.717) is 13.0 Å². The fraction of sp³-hybridized carbons (Fsp3) is 0.455. The SMILES string of the molecule is O=P(O)(O)C(CCO)NCCc1ccccc1. The Kier molecular flexibility index (Phi) is 5.82. The highest BCUT2D eigenvalue weighted by atomic mass is 31.2. The smallest absolute Gasteiger partial charge is 0.342 e. The monoisotopic (exact) mass is 259 g/mol. The molecule has 96 valence electrons. The Labute approximate surface area is 101 Å². The molecule has 0 spiro atoms. The number of benzene rings is 1. The Bertz CT molecular complexity index is 365. The van der Waals surface area contributed by atoms with Gasteiger partial charge in [0.1, 0.15) is 5.78 Å². The summed E-state index contributed by atoms with van der Waals surface area (Å²) in [7, 11) is -4.18. The second-order valence-electron chi connectivity index (χ2n) is 3.81. The van der Waals surface area contributed by atoms with Gasteiger partial charge in [-0.25, -0.2) is 0 Å². The molecule has 0 heterocycles. The molecule has 0 aliphatic heterocycles. The Hall–Kier alpha value is -0.710. The maximum absolute atomic E-state index is 11.1. The van der Waals surface area contributed by atoms with E-state index < -0.39 is 13.4 Å². The van der Waals surface area contributed by atoms with Crippen LogP contribution in [0.15, 0.2) is 30.3 Å². The molecule has 0 aromatic heterocycles. The van der Waals surface area contributed by atoms with Crippen LogP contribution in [0.1, 0.15) is 12.0 Å². The summed E-state index contributed by atoms with van der Waals surface area (Å²) in [6.07, 6.45) is 0.752. The predicted octanol–water partition coefficient (Wildman–Crippen LogP) is 0.705. The number of aliphatic hydroxyl groups excluding tert-OH is 1. The van der Waals surface area contributed by atoms with E-state index in [1.807, 2.05) is 30.3 Å². The van der Waals surface area contributed by atoms with E-state index in [1.54, 1.807) is 0 Å². The highest BCUT2D eigenvalue weighted by molar-refractivity contribution is 7.52. The molecule has 5 nitrogen and oxygen atoms in total. The average Bonchev–Trinajstić information content (AvgIpc) is 2.28. The number of nitrogens with one attached hydrogen (secondary N) is 1. The van der Waals surface area contributed by atoms with Gasteiger partial charge in [-0.15, -0.1) is 0 Å². The minimum Gasteiger partial charge on any atom is -0.396 e. The molecule has 6 heteroatoms. The van der Waals surface area contributed by atoms with Gasteiger partial charge in [-0.3, -0.25) is 4.57 Å². The Morgan fingerprint density at radius 1 is 1.24 bits per heavy atom. The van der Waals surface area contributed by atoms with E-state index in [4.69, 9.17) is 14.9 Å². The Morgan fingerprint density at radius 3 is 2.41 bits per heavy atom. The third-order valence-electron chi connectivity index (χ3n) is 2.45. The second-order valence-corrected chi connectivity index (χ2v) is 5.61. The van der Waals surface area contributed by atoms with E-state index in [0.717, 1.165) is 5.56 Å². The molecule has 0 fully saturated rings. The molecule has 0 saturated heterocycles. The molecule has 1 aromatic rings. The molecular formula is C11H18NO4P. The summed E-state index contributed by atoms with van der Waals surface area (Å²) in [5.74, 6) is -0.962. The van der Waals surface area contributed by atoms with Crippen LogP contribution in [0, 0.1) is 0 Å². The lowest BCUT2D eigenvalue weighted by atomic mass is 10.1. The molecule has 0 saturated carbocycles. The fourth-order valence-electron chi connectivity index (χ4n) is 1.54. The molecule has 1 unspecified atom stereocenters. The van der Waals surface area contributed by atoms with Crippen molar-refractivity contribution in [3.05, 3.63) is 35.9 Å². The molecule has 1 rings (SSSR count). The van der Waals surface area contributed by atoms with Crippen molar-refractivity contribution in [2.45, 2.75) is 18.6 Å². The third-order valence-corrected chi connectivity index (χ3v) is 3.70. The first-order valence-electron chi connectivity index (χ1n) is 5.47. The maximum Gasteiger partial charge on any atom is 0.342 e. The first-order valence-corrected chi connectivity index (χ1v) is 7.15. The largest absolute Gasteiger partial charge is 0.396 e. The summed E-state index contributed by atoms with van der Waals surface area (Å²) in [4.78, 5) is 18.1. The molecular weight excluding hydrogens is 241 g/mol. The second kappa shape index (κ2) is 6.89. The van der Waals surface area contributed by atoms with Crippen molar-refractivity contribution in [2.75, 3.05) is 13.2 Å². The summed E-state index contributed by atoms with van der Waals surface area (Å²) in [6, 6.07) is 9.68. The van der Waals surface area contributed by atoms with Gasteiger partial charge in [-0.05, 0) is 18.4 Å². The maximum atomic E-state index is 11.1. The van der Waals surface area contributed by atoms with E-state index in [-0.39, 0.29) is 13.0 Å². The van der Waals surface area contributed by atoms with Crippen molar-refractivity contribution < 1.29 is 19.5 Å². The van der Waals surface area contributed by atoms with Gasteiger partial charge in [0.05, 0.1) is 0 Å². The van der Waals surface area contributed by atoms with Gasteiger partial charge in [-0.1, -0.05) is 30.3 Å². The zero-order valence-electron chi connectivity index (χ0n) is 9.49. The van der Waals surface area contributed by atoms with Gasteiger partial charge >= 0.3 is 7.60 Å². The molecule has 1 atom stereocenters. The van der Waals surface area contributed by atoms with Crippen molar-refractivity contribution in [1.29, 1.82) is 0 Å². The van der Waals surface area contributed by atoms with Crippen molar-refractivity contribution in [3.8, 4) is 0 Å². The van der Waals surface area contributed by atoms with Crippen molar-refractivity contribution in [1.82, 2.24) is 5.32 Å². The van der Waals surface area contributed by atoms with Crippen LogP contribution in [0.2, 0.25) is 0 Å². The van der Waals surface area contributed by atoms with E-state index >= 15 is 0 Å². The average molecular weight is 259 g/mol. The Morgan fingerprint density at radius 2 is 1.88 bits per heavy atom. The normalized spacial score (nSPS) is 13.6. The van der Waals surface area contributed by atoms with Gasteiger partial charge in [0, 0.05) is 13.2 Å². The van der Waals surface area contributed by atoms with Crippen molar-refractivity contribution in [2.24, 2.45) is 0 Å². The third kappa shape index (κ3) is 5.44. The molecule has 0 amide bonds. The van der Waals surface area contributed by atoms with E-state index in [9.17, 15) is 4.57 Å². The van der Waals surface area contributed by atoms with Gasteiger partial charge in [0.15, 0.2) is 0 Å². The van der Waals surface area contributed by atoms with Crippen molar-refractivity contribution in [3.63, 3.8) is 0 Å². The molecule has 17 heavy (non-hydrogen) atoms. The molecule has 0 aliphatic rings. The molecule has 0 bridgehead atoms.